The molecule has 1 N–H and O–H groups in total. The topological polar surface area (TPSA) is 38.7 Å². The molecule has 2 heterocycles. The average molecular weight is 234 g/mol. The SMILES string of the molecule is CC1COCCC12C[C@H](O)c1ccccc1O2. The Kier molecular flexibility index (Phi) is 2.60. The van der Waals surface area contributed by atoms with Crippen LogP contribution in [0.4, 0.5) is 0 Å². The Labute approximate surface area is 101 Å². The van der Waals surface area contributed by atoms with E-state index in [1.165, 1.54) is 0 Å². The highest BCUT2D eigenvalue weighted by atomic mass is 16.5. The van der Waals surface area contributed by atoms with Crippen LogP contribution in [0.3, 0.4) is 0 Å². The van der Waals surface area contributed by atoms with E-state index < -0.39 is 6.10 Å². The van der Waals surface area contributed by atoms with Crippen LogP contribution in [0.5, 0.6) is 5.75 Å². The zero-order chi connectivity index (χ0) is 11.9. The first kappa shape index (κ1) is 11.1. The summed E-state index contributed by atoms with van der Waals surface area (Å²) in [5.41, 5.74) is 0.670. The van der Waals surface area contributed by atoms with Gasteiger partial charge >= 0.3 is 0 Å². The first-order valence-corrected chi connectivity index (χ1v) is 6.25. The quantitative estimate of drug-likeness (QED) is 0.748. The Morgan fingerprint density at radius 3 is 3.00 bits per heavy atom. The molecule has 0 radical (unpaired) electrons. The van der Waals surface area contributed by atoms with Crippen molar-refractivity contribution in [2.45, 2.75) is 31.5 Å². The Balaban J connectivity index is 1.97. The normalized spacial score (nSPS) is 36.4. The standard InChI is InChI=1S/C14H18O3/c1-10-9-16-7-6-14(10)8-12(15)11-4-2-3-5-13(11)17-14/h2-5,10,12,15H,6-9H2,1H3/t10?,12-,14?/m0/s1. The molecule has 0 aliphatic carbocycles. The second kappa shape index (κ2) is 4.00. The molecule has 1 saturated heterocycles. The second-order valence-corrected chi connectivity index (χ2v) is 5.15. The molecule has 0 aromatic heterocycles. The van der Waals surface area contributed by atoms with Gasteiger partial charge in [-0.25, -0.2) is 0 Å². The molecule has 3 nitrogen and oxygen atoms in total. The molecule has 1 aromatic rings. The number of benzene rings is 1. The molecular formula is C14H18O3. The van der Waals surface area contributed by atoms with E-state index in [0.717, 1.165) is 30.9 Å². The molecule has 1 aromatic carbocycles. The fraction of sp³-hybridized carbons (Fsp3) is 0.571. The summed E-state index contributed by atoms with van der Waals surface area (Å²) >= 11 is 0. The molecule has 2 unspecified atom stereocenters. The van der Waals surface area contributed by atoms with Crippen LogP contribution in [-0.4, -0.2) is 23.9 Å². The predicted molar refractivity (Wildman–Crippen MR) is 64.0 cm³/mol. The third-order valence-electron chi connectivity index (χ3n) is 4.07. The summed E-state index contributed by atoms with van der Waals surface area (Å²) in [5, 5.41) is 10.3. The van der Waals surface area contributed by atoms with E-state index in [1.807, 2.05) is 24.3 Å². The fourth-order valence-electron chi connectivity index (χ4n) is 2.90. The smallest absolute Gasteiger partial charge is 0.125 e. The summed E-state index contributed by atoms with van der Waals surface area (Å²) in [4.78, 5) is 0. The molecule has 0 bridgehead atoms. The van der Waals surface area contributed by atoms with Crippen LogP contribution in [0.1, 0.15) is 31.4 Å². The number of aliphatic hydroxyl groups excluding tert-OH is 1. The van der Waals surface area contributed by atoms with Gasteiger partial charge in [-0.15, -0.1) is 0 Å². The van der Waals surface area contributed by atoms with Crippen molar-refractivity contribution in [2.75, 3.05) is 13.2 Å². The van der Waals surface area contributed by atoms with Gasteiger partial charge in [-0.2, -0.15) is 0 Å². The van der Waals surface area contributed by atoms with Crippen molar-refractivity contribution in [2.24, 2.45) is 5.92 Å². The molecule has 3 heteroatoms. The zero-order valence-corrected chi connectivity index (χ0v) is 10.1. The van der Waals surface area contributed by atoms with Gasteiger partial charge in [0.05, 0.1) is 19.3 Å². The molecule has 3 atom stereocenters. The molecule has 3 rings (SSSR count). The van der Waals surface area contributed by atoms with Crippen molar-refractivity contribution in [3.8, 4) is 5.75 Å². The fourth-order valence-corrected chi connectivity index (χ4v) is 2.90. The maximum atomic E-state index is 10.3. The van der Waals surface area contributed by atoms with E-state index in [1.54, 1.807) is 0 Å². The van der Waals surface area contributed by atoms with Crippen LogP contribution in [0.15, 0.2) is 24.3 Å². The van der Waals surface area contributed by atoms with E-state index in [-0.39, 0.29) is 5.60 Å². The molecular weight excluding hydrogens is 216 g/mol. The molecule has 1 fully saturated rings. The Hall–Kier alpha value is -1.06. The van der Waals surface area contributed by atoms with E-state index in [9.17, 15) is 5.11 Å². The van der Waals surface area contributed by atoms with E-state index in [2.05, 4.69) is 6.92 Å². The summed E-state index contributed by atoms with van der Waals surface area (Å²) in [5.74, 6) is 1.15. The van der Waals surface area contributed by atoms with Crippen molar-refractivity contribution >= 4 is 0 Å². The van der Waals surface area contributed by atoms with Crippen molar-refractivity contribution in [3.63, 3.8) is 0 Å². The summed E-state index contributed by atoms with van der Waals surface area (Å²) in [6, 6.07) is 7.78. The highest BCUT2D eigenvalue weighted by Gasteiger charge is 2.46. The summed E-state index contributed by atoms with van der Waals surface area (Å²) in [7, 11) is 0. The van der Waals surface area contributed by atoms with E-state index >= 15 is 0 Å². The van der Waals surface area contributed by atoms with Crippen molar-refractivity contribution < 1.29 is 14.6 Å². The number of ether oxygens (including phenoxy) is 2. The molecule has 0 saturated carbocycles. The number of hydrogen-bond acceptors (Lipinski definition) is 3. The van der Waals surface area contributed by atoms with Gasteiger partial charge in [-0.3, -0.25) is 0 Å². The monoisotopic (exact) mass is 234 g/mol. The number of fused-ring (bicyclic) bond motifs is 1. The van der Waals surface area contributed by atoms with Gasteiger partial charge in [0.1, 0.15) is 11.4 Å². The van der Waals surface area contributed by atoms with Crippen LogP contribution in [0, 0.1) is 5.92 Å². The van der Waals surface area contributed by atoms with Crippen LogP contribution < -0.4 is 4.74 Å². The number of para-hydroxylation sites is 1. The maximum absolute atomic E-state index is 10.3. The summed E-state index contributed by atoms with van der Waals surface area (Å²) in [6.45, 7) is 3.58. The molecule has 2 aliphatic heterocycles. The maximum Gasteiger partial charge on any atom is 0.125 e. The second-order valence-electron chi connectivity index (χ2n) is 5.15. The summed E-state index contributed by atoms with van der Waals surface area (Å²) in [6.07, 6.45) is 1.12. The van der Waals surface area contributed by atoms with Gasteiger partial charge in [0, 0.05) is 24.3 Å². The first-order chi connectivity index (χ1) is 8.21. The zero-order valence-electron chi connectivity index (χ0n) is 10.1. The third kappa shape index (κ3) is 1.74. The number of rotatable bonds is 0. The molecule has 17 heavy (non-hydrogen) atoms. The van der Waals surface area contributed by atoms with E-state index in [0.29, 0.717) is 12.3 Å². The lowest BCUT2D eigenvalue weighted by Crippen LogP contribution is -2.51. The Morgan fingerprint density at radius 2 is 2.18 bits per heavy atom. The van der Waals surface area contributed by atoms with Crippen molar-refractivity contribution in [1.82, 2.24) is 0 Å². The largest absolute Gasteiger partial charge is 0.486 e. The van der Waals surface area contributed by atoms with Crippen LogP contribution in [-0.2, 0) is 4.74 Å². The van der Waals surface area contributed by atoms with Gasteiger partial charge in [-0.05, 0) is 6.07 Å². The minimum atomic E-state index is -0.416. The highest BCUT2D eigenvalue weighted by molar-refractivity contribution is 5.38. The van der Waals surface area contributed by atoms with Gasteiger partial charge < -0.3 is 14.6 Å². The predicted octanol–water partition coefficient (Wildman–Crippen LogP) is 2.30. The van der Waals surface area contributed by atoms with Gasteiger partial charge in [0.2, 0.25) is 0 Å². The van der Waals surface area contributed by atoms with Crippen LogP contribution in [0.2, 0.25) is 0 Å². The third-order valence-corrected chi connectivity index (χ3v) is 4.07. The molecule has 92 valence electrons. The number of hydrogen-bond donors (Lipinski definition) is 1. The minimum absolute atomic E-state index is 0.244. The van der Waals surface area contributed by atoms with Crippen molar-refractivity contribution in [3.05, 3.63) is 29.8 Å². The lowest BCUT2D eigenvalue weighted by molar-refractivity contribution is -0.121. The number of aliphatic hydroxyl groups is 1. The van der Waals surface area contributed by atoms with E-state index in [4.69, 9.17) is 9.47 Å². The van der Waals surface area contributed by atoms with Gasteiger partial charge in [-0.1, -0.05) is 25.1 Å². The lowest BCUT2D eigenvalue weighted by atomic mass is 9.77. The summed E-state index contributed by atoms with van der Waals surface area (Å²) < 4.78 is 11.7. The first-order valence-electron chi connectivity index (χ1n) is 6.25. The highest BCUT2D eigenvalue weighted by Crippen LogP contribution is 2.45. The van der Waals surface area contributed by atoms with Crippen molar-refractivity contribution in [1.29, 1.82) is 0 Å². The molecule has 1 spiro atoms. The van der Waals surface area contributed by atoms with Gasteiger partial charge in [0.15, 0.2) is 0 Å². The lowest BCUT2D eigenvalue weighted by Gasteiger charge is -2.46. The Morgan fingerprint density at radius 1 is 1.35 bits per heavy atom. The average Bonchev–Trinajstić information content (AvgIpc) is 2.33. The Bertz CT molecular complexity index is 418. The minimum Gasteiger partial charge on any atom is -0.486 e. The van der Waals surface area contributed by atoms with Crippen LogP contribution in [0.25, 0.3) is 0 Å². The van der Waals surface area contributed by atoms with Gasteiger partial charge in [0.25, 0.3) is 0 Å². The molecule has 2 aliphatic rings. The molecule has 0 amide bonds. The van der Waals surface area contributed by atoms with Crippen LogP contribution >= 0.6 is 0 Å².